The first kappa shape index (κ1) is 11.1. The lowest BCUT2D eigenvalue weighted by molar-refractivity contribution is 0.132. The Hall–Kier alpha value is -1.00. The molecule has 0 fully saturated rings. The summed E-state index contributed by atoms with van der Waals surface area (Å²) in [5.41, 5.74) is 0.672. The van der Waals surface area contributed by atoms with Crippen molar-refractivity contribution in [2.24, 2.45) is 0 Å². The zero-order valence-corrected chi connectivity index (χ0v) is 8.86. The first-order valence-corrected chi connectivity index (χ1v) is 4.86. The first-order chi connectivity index (χ1) is 6.65. The zero-order chi connectivity index (χ0) is 10.6. The van der Waals surface area contributed by atoms with Gasteiger partial charge < -0.3 is 10.4 Å². The highest BCUT2D eigenvalue weighted by atomic mass is 16.3. The monoisotopic (exact) mass is 195 g/mol. The molecule has 2 unspecified atom stereocenters. The van der Waals surface area contributed by atoms with E-state index in [0.29, 0.717) is 11.5 Å². The molecule has 0 aliphatic rings. The molecule has 0 aliphatic carbocycles. The molecule has 0 saturated carbocycles. The Labute approximate surface area is 84.4 Å². The number of aromatic nitrogens is 2. The molecule has 1 rings (SSSR count). The molecule has 2 atom stereocenters. The maximum Gasteiger partial charge on any atom is 0.125 e. The van der Waals surface area contributed by atoms with Crippen LogP contribution in [-0.2, 0) is 0 Å². The van der Waals surface area contributed by atoms with Crippen molar-refractivity contribution in [3.8, 4) is 0 Å². The number of likely N-dealkylation sites (N-methyl/N-ethyl adjacent to an activating group) is 1. The van der Waals surface area contributed by atoms with E-state index >= 15 is 0 Å². The van der Waals surface area contributed by atoms with Crippen LogP contribution in [0.15, 0.2) is 12.3 Å². The van der Waals surface area contributed by atoms with Crippen LogP contribution >= 0.6 is 0 Å². The molecule has 78 valence electrons. The normalized spacial score (nSPS) is 15.1. The van der Waals surface area contributed by atoms with Gasteiger partial charge in [0.15, 0.2) is 0 Å². The average molecular weight is 195 g/mol. The highest BCUT2D eigenvalue weighted by Gasteiger charge is 2.16. The van der Waals surface area contributed by atoms with Gasteiger partial charge in [0.1, 0.15) is 11.9 Å². The maximum absolute atomic E-state index is 9.89. The van der Waals surface area contributed by atoms with Crippen molar-refractivity contribution in [1.29, 1.82) is 0 Å². The predicted octanol–water partition coefficient (Wildman–Crippen LogP) is 0.816. The second-order valence-corrected chi connectivity index (χ2v) is 3.32. The van der Waals surface area contributed by atoms with Crippen LogP contribution in [0.5, 0.6) is 0 Å². The molecule has 1 heterocycles. The molecule has 0 bridgehead atoms. The molecule has 14 heavy (non-hydrogen) atoms. The van der Waals surface area contributed by atoms with Gasteiger partial charge in [-0.25, -0.2) is 9.97 Å². The van der Waals surface area contributed by atoms with Crippen LogP contribution in [0.1, 0.15) is 31.5 Å². The lowest BCUT2D eigenvalue weighted by atomic mass is 10.1. The molecule has 0 saturated heterocycles. The number of aliphatic hydroxyl groups excluding tert-OH is 1. The Morgan fingerprint density at radius 1 is 1.57 bits per heavy atom. The standard InChI is InChI=1S/C10H17N3O/c1-4-11-7(2)10(14)9-5-6-12-8(3)13-9/h5-7,10-11,14H,4H2,1-3H3. The quantitative estimate of drug-likeness (QED) is 0.746. The molecule has 2 N–H and O–H groups in total. The van der Waals surface area contributed by atoms with Crippen LogP contribution < -0.4 is 5.32 Å². The number of nitrogens with zero attached hydrogens (tertiary/aromatic N) is 2. The van der Waals surface area contributed by atoms with Crippen molar-refractivity contribution < 1.29 is 5.11 Å². The van der Waals surface area contributed by atoms with Gasteiger partial charge in [-0.2, -0.15) is 0 Å². The fourth-order valence-electron chi connectivity index (χ4n) is 1.33. The summed E-state index contributed by atoms with van der Waals surface area (Å²) in [6.45, 7) is 6.59. The number of aliphatic hydroxyl groups is 1. The molecule has 0 amide bonds. The molecular formula is C10H17N3O. The lowest BCUT2D eigenvalue weighted by Crippen LogP contribution is -2.32. The van der Waals surface area contributed by atoms with Gasteiger partial charge in [0.2, 0.25) is 0 Å². The minimum absolute atomic E-state index is 0.00861. The van der Waals surface area contributed by atoms with E-state index in [2.05, 4.69) is 15.3 Å². The third-order valence-electron chi connectivity index (χ3n) is 2.10. The molecule has 1 aromatic heterocycles. The van der Waals surface area contributed by atoms with Gasteiger partial charge in [-0.1, -0.05) is 6.92 Å². The van der Waals surface area contributed by atoms with Gasteiger partial charge >= 0.3 is 0 Å². The third-order valence-corrected chi connectivity index (χ3v) is 2.10. The smallest absolute Gasteiger partial charge is 0.125 e. The van der Waals surface area contributed by atoms with Crippen molar-refractivity contribution in [3.05, 3.63) is 23.8 Å². The van der Waals surface area contributed by atoms with E-state index in [1.54, 1.807) is 12.3 Å². The Kier molecular flexibility index (Phi) is 3.98. The largest absolute Gasteiger partial charge is 0.385 e. The topological polar surface area (TPSA) is 58.0 Å². The minimum Gasteiger partial charge on any atom is -0.385 e. The summed E-state index contributed by atoms with van der Waals surface area (Å²) < 4.78 is 0. The van der Waals surface area contributed by atoms with Crippen LogP contribution in [0.3, 0.4) is 0 Å². The van der Waals surface area contributed by atoms with E-state index in [1.807, 2.05) is 20.8 Å². The van der Waals surface area contributed by atoms with E-state index in [9.17, 15) is 5.11 Å². The molecule has 1 aromatic rings. The Morgan fingerprint density at radius 2 is 2.29 bits per heavy atom. The highest BCUT2D eigenvalue weighted by molar-refractivity contribution is 5.07. The van der Waals surface area contributed by atoms with Crippen LogP contribution in [0, 0.1) is 6.92 Å². The van der Waals surface area contributed by atoms with Gasteiger partial charge in [0.05, 0.1) is 5.69 Å². The van der Waals surface area contributed by atoms with Crippen molar-refractivity contribution in [1.82, 2.24) is 15.3 Å². The maximum atomic E-state index is 9.89. The van der Waals surface area contributed by atoms with Crippen LogP contribution in [-0.4, -0.2) is 27.7 Å². The van der Waals surface area contributed by atoms with Crippen molar-refractivity contribution in [2.75, 3.05) is 6.54 Å². The molecule has 0 radical (unpaired) electrons. The average Bonchev–Trinajstić information content (AvgIpc) is 2.17. The van der Waals surface area contributed by atoms with Crippen molar-refractivity contribution in [3.63, 3.8) is 0 Å². The van der Waals surface area contributed by atoms with Gasteiger partial charge in [-0.3, -0.25) is 0 Å². The van der Waals surface area contributed by atoms with Gasteiger partial charge in [0, 0.05) is 12.2 Å². The summed E-state index contributed by atoms with van der Waals surface area (Å²) in [4.78, 5) is 8.16. The predicted molar refractivity (Wildman–Crippen MR) is 54.9 cm³/mol. The molecular weight excluding hydrogens is 178 g/mol. The second-order valence-electron chi connectivity index (χ2n) is 3.32. The van der Waals surface area contributed by atoms with Gasteiger partial charge in [-0.15, -0.1) is 0 Å². The molecule has 0 spiro atoms. The minimum atomic E-state index is -0.573. The molecule has 4 heteroatoms. The Bertz CT molecular complexity index is 290. The third kappa shape index (κ3) is 2.75. The lowest BCUT2D eigenvalue weighted by Gasteiger charge is -2.18. The van der Waals surface area contributed by atoms with Gasteiger partial charge in [-0.05, 0) is 26.5 Å². The summed E-state index contributed by atoms with van der Waals surface area (Å²) in [6.07, 6.45) is 1.09. The first-order valence-electron chi connectivity index (χ1n) is 4.86. The fourth-order valence-corrected chi connectivity index (χ4v) is 1.33. The van der Waals surface area contributed by atoms with Crippen LogP contribution in [0.25, 0.3) is 0 Å². The summed E-state index contributed by atoms with van der Waals surface area (Å²) >= 11 is 0. The summed E-state index contributed by atoms with van der Waals surface area (Å²) in [5, 5.41) is 13.0. The summed E-state index contributed by atoms with van der Waals surface area (Å²) in [6, 6.07) is 1.75. The van der Waals surface area contributed by atoms with E-state index in [0.717, 1.165) is 6.54 Å². The highest BCUT2D eigenvalue weighted by Crippen LogP contribution is 2.13. The van der Waals surface area contributed by atoms with Crippen molar-refractivity contribution in [2.45, 2.75) is 32.9 Å². The number of aryl methyl sites for hydroxylation is 1. The number of rotatable bonds is 4. The number of hydrogen-bond donors (Lipinski definition) is 2. The fraction of sp³-hybridized carbons (Fsp3) is 0.600. The number of hydrogen-bond acceptors (Lipinski definition) is 4. The van der Waals surface area contributed by atoms with Crippen molar-refractivity contribution >= 4 is 0 Å². The SMILES string of the molecule is CCNC(C)C(O)c1ccnc(C)n1. The van der Waals surface area contributed by atoms with Gasteiger partial charge in [0.25, 0.3) is 0 Å². The molecule has 0 aliphatic heterocycles. The van der Waals surface area contributed by atoms with E-state index in [-0.39, 0.29) is 6.04 Å². The van der Waals surface area contributed by atoms with Crippen LogP contribution in [0.4, 0.5) is 0 Å². The summed E-state index contributed by atoms with van der Waals surface area (Å²) in [7, 11) is 0. The van der Waals surface area contributed by atoms with Crippen LogP contribution in [0.2, 0.25) is 0 Å². The molecule has 0 aromatic carbocycles. The van der Waals surface area contributed by atoms with E-state index < -0.39 is 6.10 Å². The summed E-state index contributed by atoms with van der Waals surface area (Å²) in [5.74, 6) is 0.685. The Balaban J connectivity index is 2.73. The second kappa shape index (κ2) is 5.02. The number of nitrogens with one attached hydrogen (secondary N) is 1. The van der Waals surface area contributed by atoms with E-state index in [1.165, 1.54) is 0 Å². The molecule has 4 nitrogen and oxygen atoms in total. The zero-order valence-electron chi connectivity index (χ0n) is 8.86. The van der Waals surface area contributed by atoms with E-state index in [4.69, 9.17) is 0 Å². The Morgan fingerprint density at radius 3 is 2.86 bits per heavy atom.